The summed E-state index contributed by atoms with van der Waals surface area (Å²) in [5.74, 6) is 0. The van der Waals surface area contributed by atoms with Gasteiger partial charge in [0.1, 0.15) is 0 Å². The second kappa shape index (κ2) is 4.41. The number of halogens is 1. The van der Waals surface area contributed by atoms with Crippen LogP contribution in [0.5, 0.6) is 0 Å². The highest BCUT2D eigenvalue weighted by atomic mass is 19.1. The van der Waals surface area contributed by atoms with Crippen LogP contribution in [0.2, 0.25) is 0 Å². The molecule has 2 unspecified atom stereocenters. The summed E-state index contributed by atoms with van der Waals surface area (Å²) in [6.45, 7) is 0.515. The number of rotatable bonds is 1. The quantitative estimate of drug-likeness (QED) is 0.583. The first-order valence-corrected chi connectivity index (χ1v) is 4.45. The third-order valence-electron chi connectivity index (χ3n) is 2.09. The van der Waals surface area contributed by atoms with E-state index in [0.717, 1.165) is 0 Å². The van der Waals surface area contributed by atoms with Crippen LogP contribution in [0, 0.1) is 0 Å². The summed E-state index contributed by atoms with van der Waals surface area (Å²) in [5.41, 5.74) is 0. The predicted octanol–water partition coefficient (Wildman–Crippen LogP) is 0.305. The number of urea groups is 1. The Morgan fingerprint density at radius 3 is 2.69 bits per heavy atom. The fraction of sp³-hybridized carbons (Fsp3) is 0.875. The standard InChI is InChI=1S/C8H16FN3O/c1-12(2)8(13)11-6-3-4-7(9)10-5-6/h6-7,10H,3-5H2,1-2H3,(H,11,13). The molecular weight excluding hydrogens is 173 g/mol. The average molecular weight is 189 g/mol. The summed E-state index contributed by atoms with van der Waals surface area (Å²) < 4.78 is 12.6. The van der Waals surface area contributed by atoms with Crippen LogP contribution in [-0.2, 0) is 0 Å². The Kier molecular flexibility index (Phi) is 3.48. The highest BCUT2D eigenvalue weighted by molar-refractivity contribution is 5.73. The van der Waals surface area contributed by atoms with Crippen LogP contribution in [-0.4, -0.2) is 43.9 Å². The van der Waals surface area contributed by atoms with E-state index >= 15 is 0 Å². The molecule has 4 nitrogen and oxygen atoms in total. The van der Waals surface area contributed by atoms with Gasteiger partial charge in [-0.05, 0) is 12.8 Å². The van der Waals surface area contributed by atoms with Crippen molar-refractivity contribution in [3.05, 3.63) is 0 Å². The van der Waals surface area contributed by atoms with Crippen molar-refractivity contribution < 1.29 is 9.18 Å². The van der Waals surface area contributed by atoms with E-state index in [0.29, 0.717) is 19.4 Å². The first-order valence-electron chi connectivity index (χ1n) is 4.45. The Labute approximate surface area is 77.5 Å². The molecule has 2 atom stereocenters. The highest BCUT2D eigenvalue weighted by Gasteiger charge is 2.21. The highest BCUT2D eigenvalue weighted by Crippen LogP contribution is 2.08. The van der Waals surface area contributed by atoms with E-state index in [1.54, 1.807) is 14.1 Å². The van der Waals surface area contributed by atoms with Crippen molar-refractivity contribution in [3.8, 4) is 0 Å². The lowest BCUT2D eigenvalue weighted by molar-refractivity contribution is 0.183. The first kappa shape index (κ1) is 10.2. The van der Waals surface area contributed by atoms with E-state index in [9.17, 15) is 9.18 Å². The molecule has 0 aliphatic carbocycles. The number of carbonyl (C=O) groups excluding carboxylic acids is 1. The maximum absolute atomic E-state index is 12.6. The maximum atomic E-state index is 12.6. The molecule has 76 valence electrons. The Morgan fingerprint density at radius 1 is 1.54 bits per heavy atom. The Balaban J connectivity index is 2.26. The van der Waals surface area contributed by atoms with Crippen molar-refractivity contribution in [3.63, 3.8) is 0 Å². The van der Waals surface area contributed by atoms with Crippen LogP contribution in [0.15, 0.2) is 0 Å². The molecule has 0 bridgehead atoms. The van der Waals surface area contributed by atoms with Gasteiger partial charge in [0.25, 0.3) is 0 Å². The molecule has 1 saturated heterocycles. The molecule has 1 rings (SSSR count). The molecule has 1 heterocycles. The third-order valence-corrected chi connectivity index (χ3v) is 2.09. The fourth-order valence-corrected chi connectivity index (χ4v) is 1.25. The van der Waals surface area contributed by atoms with Crippen LogP contribution in [0.4, 0.5) is 9.18 Å². The second-order valence-corrected chi connectivity index (χ2v) is 3.49. The van der Waals surface area contributed by atoms with Crippen molar-refractivity contribution in [2.75, 3.05) is 20.6 Å². The van der Waals surface area contributed by atoms with E-state index in [1.165, 1.54) is 4.90 Å². The molecule has 13 heavy (non-hydrogen) atoms. The lowest BCUT2D eigenvalue weighted by atomic mass is 10.1. The van der Waals surface area contributed by atoms with Crippen LogP contribution in [0.1, 0.15) is 12.8 Å². The molecule has 1 fully saturated rings. The number of piperidine rings is 1. The second-order valence-electron chi connectivity index (χ2n) is 3.49. The summed E-state index contributed by atoms with van der Waals surface area (Å²) in [4.78, 5) is 12.7. The van der Waals surface area contributed by atoms with Gasteiger partial charge >= 0.3 is 6.03 Å². The van der Waals surface area contributed by atoms with Crippen molar-refractivity contribution in [1.29, 1.82) is 0 Å². The molecule has 0 aromatic heterocycles. The molecule has 2 amide bonds. The number of carbonyl (C=O) groups is 1. The van der Waals surface area contributed by atoms with Gasteiger partial charge in [0, 0.05) is 26.7 Å². The maximum Gasteiger partial charge on any atom is 0.317 e. The third kappa shape index (κ3) is 3.18. The molecular formula is C8H16FN3O. The van der Waals surface area contributed by atoms with Crippen molar-refractivity contribution in [1.82, 2.24) is 15.5 Å². The van der Waals surface area contributed by atoms with Gasteiger partial charge in [-0.2, -0.15) is 0 Å². The molecule has 0 radical (unpaired) electrons. The van der Waals surface area contributed by atoms with Crippen LogP contribution < -0.4 is 10.6 Å². The van der Waals surface area contributed by atoms with Crippen molar-refractivity contribution in [2.45, 2.75) is 25.2 Å². The van der Waals surface area contributed by atoms with E-state index in [2.05, 4.69) is 10.6 Å². The summed E-state index contributed by atoms with van der Waals surface area (Å²) >= 11 is 0. The zero-order chi connectivity index (χ0) is 9.84. The van der Waals surface area contributed by atoms with Crippen LogP contribution >= 0.6 is 0 Å². The molecule has 0 spiro atoms. The first-order chi connectivity index (χ1) is 6.09. The molecule has 0 saturated carbocycles. The lowest BCUT2D eigenvalue weighted by Crippen LogP contribution is -2.50. The van der Waals surface area contributed by atoms with Gasteiger partial charge in [-0.25, -0.2) is 9.18 Å². The number of nitrogens with one attached hydrogen (secondary N) is 2. The number of nitrogens with zero attached hydrogens (tertiary/aromatic N) is 1. The van der Waals surface area contributed by atoms with Gasteiger partial charge in [-0.3, -0.25) is 5.32 Å². The van der Waals surface area contributed by atoms with Gasteiger partial charge in [0.15, 0.2) is 6.30 Å². The smallest absolute Gasteiger partial charge is 0.317 e. The van der Waals surface area contributed by atoms with Gasteiger partial charge in [0.05, 0.1) is 0 Å². The Bertz CT molecular complexity index is 178. The van der Waals surface area contributed by atoms with Gasteiger partial charge in [-0.15, -0.1) is 0 Å². The van der Waals surface area contributed by atoms with Crippen molar-refractivity contribution >= 4 is 6.03 Å². The van der Waals surface area contributed by atoms with E-state index < -0.39 is 6.30 Å². The minimum absolute atomic E-state index is 0.0573. The molecule has 2 N–H and O–H groups in total. The minimum atomic E-state index is -0.910. The summed E-state index contributed by atoms with van der Waals surface area (Å²) in [5, 5.41) is 5.47. The topological polar surface area (TPSA) is 44.4 Å². The number of hydrogen-bond acceptors (Lipinski definition) is 2. The monoisotopic (exact) mass is 189 g/mol. The van der Waals surface area contributed by atoms with Crippen molar-refractivity contribution in [2.24, 2.45) is 0 Å². The fourth-order valence-electron chi connectivity index (χ4n) is 1.25. The molecule has 0 aromatic carbocycles. The molecule has 5 heteroatoms. The van der Waals surface area contributed by atoms with Gasteiger partial charge in [0.2, 0.25) is 0 Å². The summed E-state index contributed by atoms with van der Waals surface area (Å²) in [7, 11) is 3.37. The minimum Gasteiger partial charge on any atom is -0.334 e. The van der Waals surface area contributed by atoms with Gasteiger partial charge in [-0.1, -0.05) is 0 Å². The normalized spacial score (nSPS) is 28.2. The summed E-state index contributed by atoms with van der Waals surface area (Å²) in [6, 6.07) is -0.0639. The Morgan fingerprint density at radius 2 is 2.23 bits per heavy atom. The van der Waals surface area contributed by atoms with E-state index in [-0.39, 0.29) is 12.1 Å². The number of amides is 2. The summed E-state index contributed by atoms with van der Waals surface area (Å²) in [6.07, 6.45) is 0.263. The zero-order valence-electron chi connectivity index (χ0n) is 8.01. The van der Waals surface area contributed by atoms with E-state index in [1.807, 2.05) is 0 Å². The molecule has 1 aliphatic heterocycles. The molecule has 1 aliphatic rings. The van der Waals surface area contributed by atoms with Crippen LogP contribution in [0.25, 0.3) is 0 Å². The van der Waals surface area contributed by atoms with Crippen LogP contribution in [0.3, 0.4) is 0 Å². The predicted molar refractivity (Wildman–Crippen MR) is 48.1 cm³/mol. The SMILES string of the molecule is CN(C)C(=O)NC1CCC(F)NC1. The number of alkyl halides is 1. The molecule has 0 aromatic rings. The largest absolute Gasteiger partial charge is 0.334 e. The Hall–Kier alpha value is -0.840. The average Bonchev–Trinajstić information content (AvgIpc) is 2.08. The zero-order valence-corrected chi connectivity index (χ0v) is 8.01. The number of hydrogen-bond donors (Lipinski definition) is 2. The van der Waals surface area contributed by atoms with E-state index in [4.69, 9.17) is 0 Å². The lowest BCUT2D eigenvalue weighted by Gasteiger charge is -2.27. The van der Waals surface area contributed by atoms with Gasteiger partial charge < -0.3 is 10.2 Å².